The van der Waals surface area contributed by atoms with Crippen LogP contribution in [0.5, 0.6) is 0 Å². The Kier molecular flexibility index (Phi) is 5.62. The van der Waals surface area contributed by atoms with Gasteiger partial charge in [0, 0.05) is 19.1 Å². The Morgan fingerprint density at radius 2 is 2.05 bits per heavy atom. The fourth-order valence-electron chi connectivity index (χ4n) is 3.01. The third kappa shape index (κ3) is 4.32. The van der Waals surface area contributed by atoms with Crippen LogP contribution in [0.1, 0.15) is 43.4 Å². The van der Waals surface area contributed by atoms with Gasteiger partial charge in [-0.1, -0.05) is 18.2 Å². The summed E-state index contributed by atoms with van der Waals surface area (Å²) >= 11 is 0. The summed E-state index contributed by atoms with van der Waals surface area (Å²) in [6.45, 7) is 13.7. The van der Waals surface area contributed by atoms with Crippen molar-refractivity contribution in [3.8, 4) is 0 Å². The quantitative estimate of drug-likeness (QED) is 0.884. The van der Waals surface area contributed by atoms with Crippen LogP contribution in [-0.4, -0.2) is 30.6 Å². The fourth-order valence-corrected chi connectivity index (χ4v) is 3.01. The maximum absolute atomic E-state index is 3.53. The van der Waals surface area contributed by atoms with Crippen molar-refractivity contribution in [2.75, 3.05) is 19.6 Å². The standard InChI is InChI=1S/C18H30N2/c1-14(2)20(13-18-6-5-9-19-11-18)12-17-8-7-15(3)16(4)10-17/h7-8,10,14,18-19H,5-6,9,11-13H2,1-4H3. The number of nitrogens with one attached hydrogen (secondary N) is 1. The molecule has 1 N–H and O–H groups in total. The molecule has 2 nitrogen and oxygen atoms in total. The van der Waals surface area contributed by atoms with Gasteiger partial charge in [0.05, 0.1) is 0 Å². The van der Waals surface area contributed by atoms with Gasteiger partial charge in [0.1, 0.15) is 0 Å². The molecule has 1 atom stereocenters. The molecule has 1 saturated heterocycles. The largest absolute Gasteiger partial charge is 0.316 e. The van der Waals surface area contributed by atoms with Gasteiger partial charge in [-0.25, -0.2) is 0 Å². The van der Waals surface area contributed by atoms with Crippen molar-refractivity contribution in [2.45, 2.75) is 53.1 Å². The van der Waals surface area contributed by atoms with Gasteiger partial charge in [0.25, 0.3) is 0 Å². The van der Waals surface area contributed by atoms with E-state index in [0.29, 0.717) is 6.04 Å². The molecular weight excluding hydrogens is 244 g/mol. The Bertz CT molecular complexity index is 419. The van der Waals surface area contributed by atoms with Crippen LogP contribution in [0.4, 0.5) is 0 Å². The maximum atomic E-state index is 3.53. The molecule has 0 aromatic heterocycles. The Morgan fingerprint density at radius 3 is 2.65 bits per heavy atom. The van der Waals surface area contributed by atoms with Gasteiger partial charge in [0.2, 0.25) is 0 Å². The molecule has 0 amide bonds. The van der Waals surface area contributed by atoms with Gasteiger partial charge in [-0.05, 0) is 76.2 Å². The average Bonchev–Trinajstić information content (AvgIpc) is 2.43. The highest BCUT2D eigenvalue weighted by Crippen LogP contribution is 2.17. The Hall–Kier alpha value is -0.860. The summed E-state index contributed by atoms with van der Waals surface area (Å²) in [6.07, 6.45) is 2.71. The molecule has 1 aliphatic rings. The zero-order chi connectivity index (χ0) is 14.5. The lowest BCUT2D eigenvalue weighted by Crippen LogP contribution is -2.40. The van der Waals surface area contributed by atoms with Crippen molar-refractivity contribution in [1.82, 2.24) is 10.2 Å². The van der Waals surface area contributed by atoms with Crippen LogP contribution in [0.2, 0.25) is 0 Å². The topological polar surface area (TPSA) is 15.3 Å². The zero-order valence-corrected chi connectivity index (χ0v) is 13.6. The second-order valence-electron chi connectivity index (χ2n) is 6.65. The molecule has 2 rings (SSSR count). The third-order valence-corrected chi connectivity index (χ3v) is 4.58. The first-order chi connectivity index (χ1) is 9.56. The summed E-state index contributed by atoms with van der Waals surface area (Å²) in [6, 6.07) is 7.50. The number of hydrogen-bond acceptors (Lipinski definition) is 2. The maximum Gasteiger partial charge on any atom is 0.0236 e. The predicted octanol–water partition coefficient (Wildman–Crippen LogP) is 3.51. The molecule has 0 spiro atoms. The molecule has 1 aliphatic heterocycles. The number of benzene rings is 1. The third-order valence-electron chi connectivity index (χ3n) is 4.58. The molecule has 0 aliphatic carbocycles. The van der Waals surface area contributed by atoms with Crippen LogP contribution in [0.3, 0.4) is 0 Å². The first-order valence-electron chi connectivity index (χ1n) is 8.07. The van der Waals surface area contributed by atoms with Crippen molar-refractivity contribution in [1.29, 1.82) is 0 Å². The second kappa shape index (κ2) is 7.24. The first kappa shape index (κ1) is 15.5. The molecular formula is C18H30N2. The van der Waals surface area contributed by atoms with E-state index in [1.807, 2.05) is 0 Å². The van der Waals surface area contributed by atoms with Crippen LogP contribution in [-0.2, 0) is 6.54 Å². The number of aryl methyl sites for hydroxylation is 2. The lowest BCUT2D eigenvalue weighted by molar-refractivity contribution is 0.164. The lowest BCUT2D eigenvalue weighted by Gasteiger charge is -2.33. The Labute approximate surface area is 124 Å². The SMILES string of the molecule is Cc1ccc(CN(CC2CCCNC2)C(C)C)cc1C. The van der Waals surface area contributed by atoms with Crippen molar-refractivity contribution >= 4 is 0 Å². The van der Waals surface area contributed by atoms with Gasteiger partial charge < -0.3 is 5.32 Å². The van der Waals surface area contributed by atoms with Crippen LogP contribution in [0.25, 0.3) is 0 Å². The van der Waals surface area contributed by atoms with Crippen molar-refractivity contribution in [2.24, 2.45) is 5.92 Å². The van der Waals surface area contributed by atoms with Crippen LogP contribution < -0.4 is 5.32 Å². The second-order valence-corrected chi connectivity index (χ2v) is 6.65. The summed E-state index contributed by atoms with van der Waals surface area (Å²) < 4.78 is 0. The van der Waals surface area contributed by atoms with Crippen LogP contribution in [0, 0.1) is 19.8 Å². The molecule has 0 saturated carbocycles. The minimum atomic E-state index is 0.610. The van der Waals surface area contributed by atoms with E-state index in [-0.39, 0.29) is 0 Å². The van der Waals surface area contributed by atoms with Crippen molar-refractivity contribution in [3.63, 3.8) is 0 Å². The molecule has 1 heterocycles. The predicted molar refractivity (Wildman–Crippen MR) is 87.1 cm³/mol. The number of hydrogen-bond donors (Lipinski definition) is 1. The summed E-state index contributed by atoms with van der Waals surface area (Å²) in [5, 5.41) is 3.53. The van der Waals surface area contributed by atoms with Gasteiger partial charge in [-0.3, -0.25) is 4.90 Å². The summed E-state index contributed by atoms with van der Waals surface area (Å²) in [5.41, 5.74) is 4.25. The van der Waals surface area contributed by atoms with E-state index in [9.17, 15) is 0 Å². The van der Waals surface area contributed by atoms with Crippen LogP contribution >= 0.6 is 0 Å². The van der Waals surface area contributed by atoms with E-state index in [0.717, 1.165) is 12.5 Å². The molecule has 1 aromatic carbocycles. The smallest absolute Gasteiger partial charge is 0.0236 e. The normalized spacial score (nSPS) is 19.8. The molecule has 112 valence electrons. The van der Waals surface area contributed by atoms with E-state index < -0.39 is 0 Å². The molecule has 1 aromatic rings. The summed E-state index contributed by atoms with van der Waals surface area (Å²) in [5.74, 6) is 0.817. The van der Waals surface area contributed by atoms with Gasteiger partial charge in [-0.2, -0.15) is 0 Å². The summed E-state index contributed by atoms with van der Waals surface area (Å²) in [4.78, 5) is 2.63. The van der Waals surface area contributed by atoms with Crippen molar-refractivity contribution in [3.05, 3.63) is 34.9 Å². The molecule has 1 fully saturated rings. The summed E-state index contributed by atoms with van der Waals surface area (Å²) in [7, 11) is 0. The molecule has 0 bridgehead atoms. The zero-order valence-electron chi connectivity index (χ0n) is 13.6. The Morgan fingerprint density at radius 1 is 1.25 bits per heavy atom. The average molecular weight is 274 g/mol. The number of piperidine rings is 1. The van der Waals surface area contributed by atoms with Crippen LogP contribution in [0.15, 0.2) is 18.2 Å². The first-order valence-corrected chi connectivity index (χ1v) is 8.07. The molecule has 0 radical (unpaired) electrons. The van der Waals surface area contributed by atoms with E-state index in [1.165, 1.54) is 49.2 Å². The fraction of sp³-hybridized carbons (Fsp3) is 0.667. The highest BCUT2D eigenvalue weighted by Gasteiger charge is 2.19. The molecule has 2 heteroatoms. The van der Waals surface area contributed by atoms with Gasteiger partial charge in [0.15, 0.2) is 0 Å². The van der Waals surface area contributed by atoms with E-state index in [4.69, 9.17) is 0 Å². The van der Waals surface area contributed by atoms with Crippen molar-refractivity contribution < 1.29 is 0 Å². The monoisotopic (exact) mass is 274 g/mol. The van der Waals surface area contributed by atoms with E-state index in [2.05, 4.69) is 56.1 Å². The van der Waals surface area contributed by atoms with E-state index >= 15 is 0 Å². The Balaban J connectivity index is 1.99. The highest BCUT2D eigenvalue weighted by molar-refractivity contribution is 5.29. The van der Waals surface area contributed by atoms with Gasteiger partial charge in [-0.15, -0.1) is 0 Å². The minimum Gasteiger partial charge on any atom is -0.316 e. The van der Waals surface area contributed by atoms with Gasteiger partial charge >= 0.3 is 0 Å². The lowest BCUT2D eigenvalue weighted by atomic mass is 9.98. The van der Waals surface area contributed by atoms with E-state index in [1.54, 1.807) is 0 Å². The molecule has 20 heavy (non-hydrogen) atoms. The minimum absolute atomic E-state index is 0.610. The molecule has 1 unspecified atom stereocenters. The number of nitrogens with zero attached hydrogens (tertiary/aromatic N) is 1. The number of rotatable bonds is 5. The highest BCUT2D eigenvalue weighted by atomic mass is 15.1.